The van der Waals surface area contributed by atoms with Crippen LogP contribution in [0.15, 0.2) is 24.3 Å². The second-order valence-electron chi connectivity index (χ2n) is 5.65. The van der Waals surface area contributed by atoms with Gasteiger partial charge in [0.1, 0.15) is 0 Å². The van der Waals surface area contributed by atoms with Gasteiger partial charge < -0.3 is 5.32 Å². The molecular weight excluding hydrogens is 244 g/mol. The van der Waals surface area contributed by atoms with Gasteiger partial charge in [0.25, 0.3) is 0 Å². The Bertz CT molecular complexity index is 421. The van der Waals surface area contributed by atoms with E-state index in [4.69, 9.17) is 11.6 Å². The number of rotatable bonds is 2. The molecule has 0 radical (unpaired) electrons. The molecule has 3 atom stereocenters. The van der Waals surface area contributed by atoms with E-state index in [1.54, 1.807) is 0 Å². The van der Waals surface area contributed by atoms with Gasteiger partial charge in [-0.1, -0.05) is 23.7 Å². The molecule has 2 nitrogen and oxygen atoms in total. The first-order valence-electron chi connectivity index (χ1n) is 6.98. The molecule has 3 unspecified atom stereocenters. The molecule has 18 heavy (non-hydrogen) atoms. The number of halogens is 1. The number of nitrogens with zero attached hydrogens (tertiary/aromatic N) is 1. The fourth-order valence-corrected chi connectivity index (χ4v) is 3.50. The first kappa shape index (κ1) is 12.5. The zero-order valence-corrected chi connectivity index (χ0v) is 11.7. The average molecular weight is 265 g/mol. The first-order chi connectivity index (χ1) is 8.72. The highest BCUT2D eigenvalue weighted by atomic mass is 35.5. The Kier molecular flexibility index (Phi) is 3.60. The summed E-state index contributed by atoms with van der Waals surface area (Å²) in [6.07, 6.45) is 3.98. The van der Waals surface area contributed by atoms with Gasteiger partial charge in [0.15, 0.2) is 0 Å². The van der Waals surface area contributed by atoms with E-state index < -0.39 is 0 Å². The van der Waals surface area contributed by atoms with Crippen molar-refractivity contribution in [2.24, 2.45) is 0 Å². The van der Waals surface area contributed by atoms with Crippen LogP contribution in [0.25, 0.3) is 0 Å². The minimum Gasteiger partial charge on any atom is -0.310 e. The van der Waals surface area contributed by atoms with E-state index in [2.05, 4.69) is 35.3 Å². The van der Waals surface area contributed by atoms with Crippen LogP contribution in [0.2, 0.25) is 5.02 Å². The third-order valence-corrected chi connectivity index (χ3v) is 4.67. The number of benzene rings is 1. The monoisotopic (exact) mass is 264 g/mol. The number of likely N-dealkylation sites (tertiary alicyclic amines) is 1. The van der Waals surface area contributed by atoms with Crippen molar-refractivity contribution in [3.8, 4) is 0 Å². The summed E-state index contributed by atoms with van der Waals surface area (Å²) in [5, 5.41) is 4.57. The molecule has 2 aliphatic rings. The second-order valence-corrected chi connectivity index (χ2v) is 6.09. The van der Waals surface area contributed by atoms with Crippen molar-refractivity contribution in [3.05, 3.63) is 34.9 Å². The largest absolute Gasteiger partial charge is 0.310 e. The van der Waals surface area contributed by atoms with Crippen molar-refractivity contribution in [3.63, 3.8) is 0 Å². The normalized spacial score (nSPS) is 30.1. The van der Waals surface area contributed by atoms with Crippen LogP contribution in [0.5, 0.6) is 0 Å². The van der Waals surface area contributed by atoms with Gasteiger partial charge in [0.05, 0.1) is 0 Å². The Morgan fingerprint density at radius 2 is 2.11 bits per heavy atom. The van der Waals surface area contributed by atoms with Gasteiger partial charge in [0, 0.05) is 36.2 Å². The highest BCUT2D eigenvalue weighted by molar-refractivity contribution is 6.30. The highest BCUT2D eigenvalue weighted by Crippen LogP contribution is 2.28. The maximum Gasteiger partial charge on any atom is 0.0409 e. The smallest absolute Gasteiger partial charge is 0.0409 e. The first-order valence-corrected chi connectivity index (χ1v) is 7.36. The van der Waals surface area contributed by atoms with E-state index in [9.17, 15) is 0 Å². The molecule has 3 rings (SSSR count). The lowest BCUT2D eigenvalue weighted by atomic mass is 10.0. The van der Waals surface area contributed by atoms with Gasteiger partial charge >= 0.3 is 0 Å². The summed E-state index contributed by atoms with van der Waals surface area (Å²) in [7, 11) is 0. The van der Waals surface area contributed by atoms with E-state index in [1.807, 2.05) is 6.07 Å². The van der Waals surface area contributed by atoms with Gasteiger partial charge in [-0.2, -0.15) is 0 Å². The van der Waals surface area contributed by atoms with Crippen LogP contribution in [0.3, 0.4) is 0 Å². The Labute approximate surface area is 114 Å². The summed E-state index contributed by atoms with van der Waals surface area (Å²) >= 11 is 6.09. The molecule has 2 aliphatic heterocycles. The summed E-state index contributed by atoms with van der Waals surface area (Å²) in [6, 6.07) is 10.2. The highest BCUT2D eigenvalue weighted by Gasteiger charge is 2.31. The summed E-state index contributed by atoms with van der Waals surface area (Å²) in [5.41, 5.74) is 1.33. The van der Waals surface area contributed by atoms with Crippen molar-refractivity contribution in [1.82, 2.24) is 10.2 Å². The lowest BCUT2D eigenvalue weighted by Gasteiger charge is -2.30. The number of nitrogens with one attached hydrogen (secondary N) is 1. The fraction of sp³-hybridized carbons (Fsp3) is 0.600. The van der Waals surface area contributed by atoms with Crippen molar-refractivity contribution in [2.45, 2.75) is 44.3 Å². The van der Waals surface area contributed by atoms with Gasteiger partial charge in [-0.15, -0.1) is 0 Å². The van der Waals surface area contributed by atoms with Crippen molar-refractivity contribution >= 4 is 11.6 Å². The quantitative estimate of drug-likeness (QED) is 0.882. The zero-order chi connectivity index (χ0) is 12.5. The maximum atomic E-state index is 6.09. The van der Waals surface area contributed by atoms with E-state index >= 15 is 0 Å². The number of hydrogen-bond donors (Lipinski definition) is 1. The summed E-state index contributed by atoms with van der Waals surface area (Å²) in [6.45, 7) is 4.66. The number of fused-ring (bicyclic) bond motifs is 2. The third kappa shape index (κ3) is 2.56. The van der Waals surface area contributed by atoms with Crippen molar-refractivity contribution in [1.29, 1.82) is 0 Å². The van der Waals surface area contributed by atoms with Crippen LogP contribution in [0, 0.1) is 0 Å². The second kappa shape index (κ2) is 5.20. The standard InChI is InChI=1S/C15H21ClN2/c1-11(12-3-2-4-13(16)9-12)18-8-7-14-5-6-15(10-18)17-14/h2-4,9,11,14-15,17H,5-8,10H2,1H3. The summed E-state index contributed by atoms with van der Waals surface area (Å²) in [4.78, 5) is 2.60. The van der Waals surface area contributed by atoms with Crippen LogP contribution in [0.1, 0.15) is 37.8 Å². The Morgan fingerprint density at radius 3 is 2.94 bits per heavy atom. The van der Waals surface area contributed by atoms with Crippen molar-refractivity contribution < 1.29 is 0 Å². The van der Waals surface area contributed by atoms with Crippen molar-refractivity contribution in [2.75, 3.05) is 13.1 Å². The molecule has 0 aliphatic carbocycles. The molecule has 2 fully saturated rings. The molecule has 1 aromatic rings. The Morgan fingerprint density at radius 1 is 1.28 bits per heavy atom. The molecule has 98 valence electrons. The molecule has 0 spiro atoms. The van der Waals surface area contributed by atoms with Crippen LogP contribution in [-0.4, -0.2) is 30.1 Å². The van der Waals surface area contributed by atoms with Gasteiger partial charge in [0.2, 0.25) is 0 Å². The van der Waals surface area contributed by atoms with Gasteiger partial charge in [-0.25, -0.2) is 0 Å². The fourth-order valence-electron chi connectivity index (χ4n) is 3.30. The van der Waals surface area contributed by atoms with E-state index in [0.717, 1.165) is 11.1 Å². The molecule has 2 heterocycles. The van der Waals surface area contributed by atoms with Crippen LogP contribution in [0.4, 0.5) is 0 Å². The van der Waals surface area contributed by atoms with E-state index in [-0.39, 0.29) is 0 Å². The minimum absolute atomic E-state index is 0.463. The molecular formula is C15H21ClN2. The van der Waals surface area contributed by atoms with Crippen LogP contribution in [-0.2, 0) is 0 Å². The molecule has 1 aromatic carbocycles. The zero-order valence-electron chi connectivity index (χ0n) is 10.9. The Balaban J connectivity index is 1.74. The summed E-state index contributed by atoms with van der Waals surface area (Å²) < 4.78 is 0. The average Bonchev–Trinajstić information content (AvgIpc) is 2.68. The summed E-state index contributed by atoms with van der Waals surface area (Å²) in [5.74, 6) is 0. The molecule has 2 bridgehead atoms. The molecule has 1 N–H and O–H groups in total. The molecule has 0 aromatic heterocycles. The lowest BCUT2D eigenvalue weighted by molar-refractivity contribution is 0.200. The van der Waals surface area contributed by atoms with E-state index in [1.165, 1.54) is 37.9 Å². The predicted molar refractivity (Wildman–Crippen MR) is 76.0 cm³/mol. The molecule has 3 heteroatoms. The van der Waals surface area contributed by atoms with Crippen LogP contribution < -0.4 is 5.32 Å². The Hall–Kier alpha value is -0.570. The number of hydrogen-bond acceptors (Lipinski definition) is 2. The maximum absolute atomic E-state index is 6.09. The van der Waals surface area contributed by atoms with Gasteiger partial charge in [-0.3, -0.25) is 4.90 Å². The third-order valence-electron chi connectivity index (χ3n) is 4.43. The molecule has 2 saturated heterocycles. The minimum atomic E-state index is 0.463. The predicted octanol–water partition coefficient (Wildman–Crippen LogP) is 3.23. The van der Waals surface area contributed by atoms with Gasteiger partial charge in [-0.05, 0) is 43.9 Å². The SMILES string of the molecule is CC(c1cccc(Cl)c1)N1CCC2CCC(C1)N2. The topological polar surface area (TPSA) is 15.3 Å². The lowest BCUT2D eigenvalue weighted by Crippen LogP contribution is -2.36. The molecule has 0 saturated carbocycles. The van der Waals surface area contributed by atoms with E-state index in [0.29, 0.717) is 12.1 Å². The van der Waals surface area contributed by atoms with Crippen LogP contribution >= 0.6 is 11.6 Å². The molecule has 0 amide bonds.